The summed E-state index contributed by atoms with van der Waals surface area (Å²) in [5.41, 5.74) is 2.99. The molecule has 4 heterocycles. The Bertz CT molecular complexity index is 1710. The Morgan fingerprint density at radius 2 is 1.85 bits per heavy atom. The normalized spacial score (nSPS) is 17.4. The Hall–Kier alpha value is -4.41. The smallest absolute Gasteiger partial charge is 0.252 e. The Morgan fingerprint density at radius 3 is 2.73 bits per heavy atom. The molecule has 1 unspecified atom stereocenters. The molecule has 0 saturated carbocycles. The Labute approximate surface area is 238 Å². The number of pyridine rings is 1. The second kappa shape index (κ2) is 11.2. The molecule has 0 aliphatic carbocycles. The highest BCUT2D eigenvalue weighted by atomic mass is 32.2. The van der Waals surface area contributed by atoms with Gasteiger partial charge in [0.2, 0.25) is 10.0 Å². The van der Waals surface area contributed by atoms with Crippen LogP contribution in [0, 0.1) is 0 Å². The monoisotopic (exact) mass is 571 g/mol. The molecular weight excluding hydrogens is 542 g/mol. The van der Waals surface area contributed by atoms with E-state index < -0.39 is 16.1 Å². The van der Waals surface area contributed by atoms with Crippen LogP contribution in [-0.2, 0) is 16.4 Å². The molecule has 0 fully saturated rings. The topological polar surface area (TPSA) is 107 Å². The highest BCUT2D eigenvalue weighted by molar-refractivity contribution is 7.89. The summed E-state index contributed by atoms with van der Waals surface area (Å²) < 4.78 is 47.4. The van der Waals surface area contributed by atoms with Crippen LogP contribution in [0.1, 0.15) is 39.5 Å². The number of rotatable bonds is 3. The molecule has 0 saturated heterocycles. The van der Waals surface area contributed by atoms with Crippen molar-refractivity contribution >= 4 is 15.9 Å². The molecule has 1 amide bonds. The van der Waals surface area contributed by atoms with Crippen molar-refractivity contribution in [1.29, 1.82) is 0 Å². The van der Waals surface area contributed by atoms with Gasteiger partial charge in [0.05, 0.1) is 31.5 Å². The molecule has 9 nitrogen and oxygen atoms in total. The molecule has 8 bridgehead atoms. The van der Waals surface area contributed by atoms with E-state index >= 15 is 0 Å². The van der Waals surface area contributed by atoms with Crippen molar-refractivity contribution in [3.63, 3.8) is 0 Å². The number of aromatic nitrogens is 1. The van der Waals surface area contributed by atoms with E-state index in [1.165, 1.54) is 17.6 Å². The number of benzene rings is 3. The third-order valence-electron chi connectivity index (χ3n) is 7.21. The summed E-state index contributed by atoms with van der Waals surface area (Å²) in [6.45, 7) is 1.05. The number of para-hydroxylation sites is 1. The SMILES string of the molecule is COc1ccccc1S(=O)(=O)N1CCc2cc3ccc2C1c1cccc(c1)OCCCNC(=O)c1cncc(c1)O3. The number of methoxy groups -OCH3 is 1. The minimum Gasteiger partial charge on any atom is -0.495 e. The summed E-state index contributed by atoms with van der Waals surface area (Å²) >= 11 is 0. The van der Waals surface area contributed by atoms with Gasteiger partial charge < -0.3 is 19.5 Å². The van der Waals surface area contributed by atoms with Crippen molar-refractivity contribution in [3.05, 3.63) is 107 Å². The number of hydrogen-bond donors (Lipinski definition) is 1. The molecule has 3 aliphatic heterocycles. The molecule has 7 rings (SSSR count). The average Bonchev–Trinajstić information content (AvgIpc) is 3.00. The molecule has 1 atom stereocenters. The van der Waals surface area contributed by atoms with Crippen LogP contribution in [-0.4, -0.2) is 50.4 Å². The predicted octanol–water partition coefficient (Wildman–Crippen LogP) is 4.73. The Kier molecular flexibility index (Phi) is 7.34. The lowest BCUT2D eigenvalue weighted by Gasteiger charge is -2.37. The van der Waals surface area contributed by atoms with Crippen LogP contribution in [0.25, 0.3) is 0 Å². The van der Waals surface area contributed by atoms with Gasteiger partial charge in [0.15, 0.2) is 0 Å². The number of hydrogen-bond acceptors (Lipinski definition) is 7. The molecule has 3 aromatic carbocycles. The van der Waals surface area contributed by atoms with E-state index in [1.807, 2.05) is 36.4 Å². The van der Waals surface area contributed by atoms with Gasteiger partial charge in [-0.2, -0.15) is 4.31 Å². The van der Waals surface area contributed by atoms with E-state index in [1.54, 1.807) is 42.6 Å². The third kappa shape index (κ3) is 5.36. The first kappa shape index (κ1) is 26.8. The fraction of sp³-hybridized carbons (Fsp3) is 0.226. The molecular formula is C31H29N3O6S. The number of ether oxygens (including phenoxy) is 3. The maximum absolute atomic E-state index is 14.2. The van der Waals surface area contributed by atoms with Gasteiger partial charge in [0.25, 0.3) is 5.91 Å². The zero-order chi connectivity index (χ0) is 28.4. The van der Waals surface area contributed by atoms with Crippen molar-refractivity contribution in [2.75, 3.05) is 26.8 Å². The first-order valence-corrected chi connectivity index (χ1v) is 14.8. The highest BCUT2D eigenvalue weighted by Crippen LogP contribution is 2.42. The maximum Gasteiger partial charge on any atom is 0.252 e. The van der Waals surface area contributed by atoms with Gasteiger partial charge >= 0.3 is 0 Å². The van der Waals surface area contributed by atoms with Gasteiger partial charge in [0, 0.05) is 19.3 Å². The third-order valence-corrected chi connectivity index (χ3v) is 9.12. The van der Waals surface area contributed by atoms with Gasteiger partial charge in [0.1, 0.15) is 27.9 Å². The first-order chi connectivity index (χ1) is 19.9. The maximum atomic E-state index is 14.2. The molecule has 4 aromatic rings. The van der Waals surface area contributed by atoms with E-state index in [9.17, 15) is 13.2 Å². The zero-order valence-corrected chi connectivity index (χ0v) is 23.3. The van der Waals surface area contributed by atoms with Crippen LogP contribution >= 0.6 is 0 Å². The van der Waals surface area contributed by atoms with Crippen LogP contribution in [0.5, 0.6) is 23.0 Å². The van der Waals surface area contributed by atoms with E-state index in [0.717, 1.165) is 16.7 Å². The van der Waals surface area contributed by atoms with Crippen LogP contribution in [0.4, 0.5) is 0 Å². The zero-order valence-electron chi connectivity index (χ0n) is 22.4. The van der Waals surface area contributed by atoms with Crippen molar-refractivity contribution in [2.45, 2.75) is 23.8 Å². The van der Waals surface area contributed by atoms with Crippen molar-refractivity contribution in [3.8, 4) is 23.0 Å². The van der Waals surface area contributed by atoms with Crippen molar-refractivity contribution in [2.24, 2.45) is 0 Å². The number of sulfonamides is 1. The number of amides is 1. The number of fused-ring (bicyclic) bond motifs is 6. The number of carbonyl (C=O) groups excluding carboxylic acids is 1. The Balaban J connectivity index is 1.47. The quantitative estimate of drug-likeness (QED) is 0.379. The molecule has 3 aliphatic rings. The molecule has 10 heteroatoms. The molecule has 0 spiro atoms. The van der Waals surface area contributed by atoms with E-state index in [4.69, 9.17) is 14.2 Å². The fourth-order valence-electron chi connectivity index (χ4n) is 5.28. The number of nitrogens with one attached hydrogen (secondary N) is 1. The molecule has 1 aromatic heterocycles. The van der Waals surface area contributed by atoms with Crippen molar-refractivity contribution < 1.29 is 27.4 Å². The molecule has 41 heavy (non-hydrogen) atoms. The minimum atomic E-state index is -3.95. The van der Waals surface area contributed by atoms with Gasteiger partial charge in [-0.05, 0) is 72.0 Å². The predicted molar refractivity (Wildman–Crippen MR) is 152 cm³/mol. The number of carbonyl (C=O) groups is 1. The largest absolute Gasteiger partial charge is 0.495 e. The molecule has 210 valence electrons. The van der Waals surface area contributed by atoms with E-state index in [0.29, 0.717) is 54.6 Å². The summed E-state index contributed by atoms with van der Waals surface area (Å²) in [6, 6.07) is 20.9. The highest BCUT2D eigenvalue weighted by Gasteiger charge is 2.39. The van der Waals surface area contributed by atoms with Gasteiger partial charge in [-0.25, -0.2) is 8.42 Å². The minimum absolute atomic E-state index is 0.118. The van der Waals surface area contributed by atoms with E-state index in [2.05, 4.69) is 10.3 Å². The number of nitrogens with zero attached hydrogens (tertiary/aromatic N) is 2. The van der Waals surface area contributed by atoms with E-state index in [-0.39, 0.29) is 17.3 Å². The Morgan fingerprint density at radius 1 is 0.976 bits per heavy atom. The van der Waals surface area contributed by atoms with Crippen LogP contribution in [0.3, 0.4) is 0 Å². The van der Waals surface area contributed by atoms with Crippen LogP contribution in [0.2, 0.25) is 0 Å². The first-order valence-electron chi connectivity index (χ1n) is 13.4. The summed E-state index contributed by atoms with van der Waals surface area (Å²) in [7, 11) is -2.48. The lowest BCUT2D eigenvalue weighted by molar-refractivity contribution is 0.0951. The lowest BCUT2D eigenvalue weighted by Crippen LogP contribution is -2.40. The lowest BCUT2D eigenvalue weighted by atomic mass is 9.89. The van der Waals surface area contributed by atoms with Crippen LogP contribution < -0.4 is 19.5 Å². The average molecular weight is 572 g/mol. The second-order valence-corrected chi connectivity index (χ2v) is 11.7. The summed E-state index contributed by atoms with van der Waals surface area (Å²) in [5, 5.41) is 2.88. The molecule has 1 N–H and O–H groups in total. The fourth-order valence-corrected chi connectivity index (χ4v) is 7.04. The summed E-state index contributed by atoms with van der Waals surface area (Å²) in [4.78, 5) is 16.9. The van der Waals surface area contributed by atoms with Gasteiger partial charge in [-0.3, -0.25) is 9.78 Å². The second-order valence-electron chi connectivity index (χ2n) is 9.82. The molecule has 0 radical (unpaired) electrons. The van der Waals surface area contributed by atoms with Gasteiger partial charge in [-0.1, -0.05) is 30.3 Å². The van der Waals surface area contributed by atoms with Gasteiger partial charge in [-0.15, -0.1) is 0 Å². The van der Waals surface area contributed by atoms with Crippen molar-refractivity contribution in [1.82, 2.24) is 14.6 Å². The standard InChI is InChI=1S/C31H29N3O6S/c1-38-28-8-2-3-9-29(28)41(36,37)34-14-12-21-16-25-10-11-27(21)30(34)22-6-4-7-24(17-22)39-15-5-13-33-31(35)23-18-26(40-25)20-32-19-23/h2-4,6-11,16-20,30H,5,12-15H2,1H3,(H,33,35). The summed E-state index contributed by atoms with van der Waals surface area (Å²) in [6.07, 6.45) is 4.12. The summed E-state index contributed by atoms with van der Waals surface area (Å²) in [5.74, 6) is 1.68. The van der Waals surface area contributed by atoms with Crippen LogP contribution in [0.15, 0.2) is 90.1 Å².